The molecular formula is C14H11ClN2O3S. The monoisotopic (exact) mass is 322 g/mol. The molecule has 0 aliphatic heterocycles. The van der Waals surface area contributed by atoms with Crippen molar-refractivity contribution in [3.8, 4) is 5.75 Å². The van der Waals surface area contributed by atoms with Gasteiger partial charge in [0.1, 0.15) is 16.9 Å². The number of halogens is 1. The molecule has 0 radical (unpaired) electrons. The van der Waals surface area contributed by atoms with Crippen molar-refractivity contribution in [3.05, 3.63) is 51.3 Å². The Morgan fingerprint density at radius 2 is 2.14 bits per heavy atom. The minimum Gasteiger partial charge on any atom is -0.506 e. The lowest BCUT2D eigenvalue weighted by Gasteiger charge is -2.01. The van der Waals surface area contributed by atoms with Crippen LogP contribution in [0.15, 0.2) is 43.8 Å². The summed E-state index contributed by atoms with van der Waals surface area (Å²) in [6.45, 7) is 1.86. The van der Waals surface area contributed by atoms with Gasteiger partial charge in [0.25, 0.3) is 0 Å². The zero-order valence-corrected chi connectivity index (χ0v) is 12.6. The molecular weight excluding hydrogens is 312 g/mol. The molecule has 0 aliphatic carbocycles. The predicted octanol–water partition coefficient (Wildman–Crippen LogP) is 3.44. The van der Waals surface area contributed by atoms with E-state index in [1.807, 2.05) is 12.3 Å². The van der Waals surface area contributed by atoms with Crippen LogP contribution in [-0.4, -0.2) is 16.3 Å². The van der Waals surface area contributed by atoms with E-state index in [0.717, 1.165) is 5.69 Å². The molecule has 0 aliphatic rings. The minimum absolute atomic E-state index is 0. The van der Waals surface area contributed by atoms with Gasteiger partial charge in [0.2, 0.25) is 5.13 Å². The highest BCUT2D eigenvalue weighted by Gasteiger charge is 2.11. The molecule has 2 heterocycles. The fraction of sp³-hybridized carbons (Fsp3) is 0.0714. The average molecular weight is 323 g/mol. The summed E-state index contributed by atoms with van der Waals surface area (Å²) < 4.78 is 5.14. The molecule has 5 nitrogen and oxygen atoms in total. The van der Waals surface area contributed by atoms with Gasteiger partial charge in [-0.25, -0.2) is 14.8 Å². The van der Waals surface area contributed by atoms with Crippen LogP contribution in [0.4, 0.5) is 5.13 Å². The van der Waals surface area contributed by atoms with E-state index in [1.54, 1.807) is 24.3 Å². The topological polar surface area (TPSA) is 75.7 Å². The second-order valence-corrected chi connectivity index (χ2v) is 5.01. The first kappa shape index (κ1) is 15.2. The summed E-state index contributed by atoms with van der Waals surface area (Å²) in [6, 6.07) is 6.80. The number of benzene rings is 1. The molecule has 21 heavy (non-hydrogen) atoms. The van der Waals surface area contributed by atoms with Crippen molar-refractivity contribution >= 4 is 46.1 Å². The van der Waals surface area contributed by atoms with Gasteiger partial charge in [0.05, 0.1) is 11.1 Å². The Morgan fingerprint density at radius 1 is 1.38 bits per heavy atom. The number of rotatable bonds is 2. The van der Waals surface area contributed by atoms with E-state index in [-0.39, 0.29) is 23.7 Å². The van der Waals surface area contributed by atoms with Crippen LogP contribution in [0.3, 0.4) is 0 Å². The van der Waals surface area contributed by atoms with Gasteiger partial charge in [-0.05, 0) is 19.1 Å². The van der Waals surface area contributed by atoms with Crippen molar-refractivity contribution in [3.63, 3.8) is 0 Å². The van der Waals surface area contributed by atoms with Crippen LogP contribution in [0.25, 0.3) is 11.0 Å². The summed E-state index contributed by atoms with van der Waals surface area (Å²) in [7, 11) is 0. The third kappa shape index (κ3) is 2.96. The summed E-state index contributed by atoms with van der Waals surface area (Å²) in [5.74, 6) is -0.131. The normalized spacial score (nSPS) is 10.9. The molecule has 2 aromatic heterocycles. The summed E-state index contributed by atoms with van der Waals surface area (Å²) in [6.07, 6.45) is 1.28. The maximum atomic E-state index is 11.8. The molecule has 3 rings (SSSR count). The molecule has 0 fully saturated rings. The Bertz CT molecular complexity index is 870. The van der Waals surface area contributed by atoms with Crippen LogP contribution < -0.4 is 5.63 Å². The molecule has 0 bridgehead atoms. The van der Waals surface area contributed by atoms with E-state index in [2.05, 4.69) is 9.98 Å². The van der Waals surface area contributed by atoms with Gasteiger partial charge in [-0.2, -0.15) is 0 Å². The van der Waals surface area contributed by atoms with Gasteiger partial charge in [-0.15, -0.1) is 23.7 Å². The highest BCUT2D eigenvalue weighted by Crippen LogP contribution is 2.25. The lowest BCUT2D eigenvalue weighted by molar-refractivity contribution is 0.466. The molecule has 1 N–H and O–H groups in total. The number of aromatic nitrogens is 1. The Balaban J connectivity index is 0.00000161. The molecule has 3 aromatic rings. The highest BCUT2D eigenvalue weighted by atomic mass is 35.5. The number of hydrogen-bond donors (Lipinski definition) is 1. The molecule has 1 aromatic carbocycles. The van der Waals surface area contributed by atoms with Crippen molar-refractivity contribution in [1.29, 1.82) is 0 Å². The third-order valence-corrected chi connectivity index (χ3v) is 3.60. The van der Waals surface area contributed by atoms with E-state index in [0.29, 0.717) is 16.1 Å². The first-order chi connectivity index (χ1) is 9.65. The van der Waals surface area contributed by atoms with Crippen LogP contribution in [0.5, 0.6) is 5.75 Å². The van der Waals surface area contributed by atoms with Gasteiger partial charge in [0, 0.05) is 11.6 Å². The van der Waals surface area contributed by atoms with E-state index in [1.165, 1.54) is 17.6 Å². The maximum Gasteiger partial charge on any atom is 0.348 e. The Hall–Kier alpha value is -2.18. The Kier molecular flexibility index (Phi) is 4.40. The van der Waals surface area contributed by atoms with Gasteiger partial charge < -0.3 is 9.52 Å². The smallest absolute Gasteiger partial charge is 0.348 e. The number of aliphatic imine (C=N–C) groups is 1. The van der Waals surface area contributed by atoms with E-state index < -0.39 is 5.63 Å². The fourth-order valence-corrected chi connectivity index (χ4v) is 2.42. The van der Waals surface area contributed by atoms with E-state index >= 15 is 0 Å². The molecule has 0 unspecified atom stereocenters. The zero-order valence-electron chi connectivity index (χ0n) is 10.9. The number of fused-ring (bicyclic) bond motifs is 1. The minimum atomic E-state index is -0.627. The molecule has 7 heteroatoms. The SMILES string of the molecule is Cc1csc(/N=C/c2c(O)c3ccccc3oc2=O)n1.Cl. The zero-order chi connectivity index (χ0) is 14.1. The standard InChI is InChI=1S/C14H10N2O3S.ClH/c1-8-7-20-14(16-8)15-6-10-12(17)9-4-2-3-5-11(9)19-13(10)18;/h2-7,17H,1H3;1H/b15-6+;. The number of nitrogens with zero attached hydrogens (tertiary/aromatic N) is 2. The molecule has 0 amide bonds. The molecule has 0 saturated heterocycles. The Morgan fingerprint density at radius 3 is 2.86 bits per heavy atom. The van der Waals surface area contributed by atoms with Gasteiger partial charge in [-0.3, -0.25) is 0 Å². The van der Waals surface area contributed by atoms with Crippen molar-refractivity contribution in [1.82, 2.24) is 4.98 Å². The van der Waals surface area contributed by atoms with Gasteiger partial charge in [-0.1, -0.05) is 12.1 Å². The second-order valence-electron chi connectivity index (χ2n) is 4.18. The summed E-state index contributed by atoms with van der Waals surface area (Å²) in [5, 5.41) is 13.0. The lowest BCUT2D eigenvalue weighted by atomic mass is 10.1. The molecule has 0 spiro atoms. The molecule has 0 atom stereocenters. The first-order valence-corrected chi connectivity index (χ1v) is 6.74. The second kappa shape index (κ2) is 6.07. The average Bonchev–Trinajstić information content (AvgIpc) is 2.84. The van der Waals surface area contributed by atoms with Crippen LogP contribution in [-0.2, 0) is 0 Å². The first-order valence-electron chi connectivity index (χ1n) is 5.86. The quantitative estimate of drug-likeness (QED) is 0.579. The number of aryl methyl sites for hydroxylation is 1. The van der Waals surface area contributed by atoms with Crippen LogP contribution in [0, 0.1) is 6.92 Å². The number of thiazole rings is 1. The lowest BCUT2D eigenvalue weighted by Crippen LogP contribution is -2.06. The largest absolute Gasteiger partial charge is 0.506 e. The van der Waals surface area contributed by atoms with Crippen LogP contribution in [0.1, 0.15) is 11.3 Å². The number of hydrogen-bond acceptors (Lipinski definition) is 6. The Labute approximate surface area is 130 Å². The predicted molar refractivity (Wildman–Crippen MR) is 85.5 cm³/mol. The molecule has 0 saturated carbocycles. The summed E-state index contributed by atoms with van der Waals surface area (Å²) in [5.41, 5.74) is 0.601. The van der Waals surface area contributed by atoms with Crippen molar-refractivity contribution in [2.45, 2.75) is 6.92 Å². The van der Waals surface area contributed by atoms with E-state index in [4.69, 9.17) is 4.42 Å². The van der Waals surface area contributed by atoms with Gasteiger partial charge >= 0.3 is 5.63 Å². The van der Waals surface area contributed by atoms with Crippen LogP contribution in [0.2, 0.25) is 0 Å². The number of aromatic hydroxyl groups is 1. The summed E-state index contributed by atoms with van der Waals surface area (Å²) >= 11 is 1.36. The van der Waals surface area contributed by atoms with Crippen molar-refractivity contribution < 1.29 is 9.52 Å². The highest BCUT2D eigenvalue weighted by molar-refractivity contribution is 7.13. The van der Waals surface area contributed by atoms with Crippen molar-refractivity contribution in [2.24, 2.45) is 4.99 Å². The molecule has 108 valence electrons. The van der Waals surface area contributed by atoms with Crippen molar-refractivity contribution in [2.75, 3.05) is 0 Å². The summed E-state index contributed by atoms with van der Waals surface area (Å²) in [4.78, 5) is 20.1. The number of para-hydroxylation sites is 1. The van der Waals surface area contributed by atoms with Crippen LogP contribution >= 0.6 is 23.7 Å². The van der Waals surface area contributed by atoms with E-state index in [9.17, 15) is 9.90 Å². The third-order valence-electron chi connectivity index (χ3n) is 2.73. The van der Waals surface area contributed by atoms with Gasteiger partial charge in [0.15, 0.2) is 0 Å². The maximum absolute atomic E-state index is 11.8. The fourth-order valence-electron chi connectivity index (χ4n) is 1.78.